The minimum Gasteiger partial charge on any atom is -0.395 e. The van der Waals surface area contributed by atoms with E-state index in [0.717, 1.165) is 15.4 Å². The minimum absolute atomic E-state index is 0.00397. The monoisotopic (exact) mass is 345 g/mol. The highest BCUT2D eigenvalue weighted by Crippen LogP contribution is 2.27. The maximum Gasteiger partial charge on any atom is 0.246 e. The number of amides is 1. The first-order valence-corrected chi connectivity index (χ1v) is 8.65. The molecule has 0 atom stereocenters. The topological polar surface area (TPSA) is 66.3 Å². The Morgan fingerprint density at radius 3 is 2.75 bits per heavy atom. The molecule has 0 bridgehead atoms. The molecule has 0 saturated carbocycles. The van der Waals surface area contributed by atoms with Gasteiger partial charge in [-0.1, -0.05) is 26.8 Å². The molecule has 6 heteroatoms. The lowest BCUT2D eigenvalue weighted by Crippen LogP contribution is -2.31. The van der Waals surface area contributed by atoms with Crippen LogP contribution < -0.4 is 0 Å². The van der Waals surface area contributed by atoms with Gasteiger partial charge in [-0.05, 0) is 17.7 Å². The van der Waals surface area contributed by atoms with E-state index >= 15 is 0 Å². The molecule has 5 nitrogen and oxygen atoms in total. The number of aliphatic hydroxyl groups excluding tert-OH is 1. The molecule has 0 aliphatic carbocycles. The molecule has 0 radical (unpaired) electrons. The van der Waals surface area contributed by atoms with Crippen LogP contribution in [0.4, 0.5) is 0 Å². The maximum atomic E-state index is 12.4. The Balaban J connectivity index is 2.05. The van der Waals surface area contributed by atoms with Crippen molar-refractivity contribution in [1.29, 1.82) is 0 Å². The molecule has 2 rings (SSSR count). The number of rotatable bonds is 6. The van der Waals surface area contributed by atoms with Crippen LogP contribution in [0.15, 0.2) is 36.8 Å². The van der Waals surface area contributed by atoms with Crippen molar-refractivity contribution >= 4 is 23.3 Å². The Morgan fingerprint density at radius 2 is 2.17 bits per heavy atom. The third-order valence-corrected chi connectivity index (χ3v) is 4.72. The Bertz CT molecular complexity index is 690. The Hall–Kier alpha value is -2.05. The molecule has 2 aromatic heterocycles. The van der Waals surface area contributed by atoms with Gasteiger partial charge in [-0.3, -0.25) is 9.78 Å². The molecule has 0 aliphatic rings. The van der Waals surface area contributed by atoms with Crippen molar-refractivity contribution < 1.29 is 9.90 Å². The minimum atomic E-state index is -0.140. The van der Waals surface area contributed by atoms with Crippen LogP contribution in [0, 0.1) is 0 Å². The molecule has 0 saturated heterocycles. The molecule has 0 spiro atoms. The second-order valence-corrected chi connectivity index (χ2v) is 7.56. The second-order valence-electron chi connectivity index (χ2n) is 6.50. The number of aliphatic hydroxyl groups is 1. The van der Waals surface area contributed by atoms with Crippen molar-refractivity contribution in [3.8, 4) is 0 Å². The highest BCUT2D eigenvalue weighted by molar-refractivity contribution is 7.12. The van der Waals surface area contributed by atoms with Gasteiger partial charge in [-0.2, -0.15) is 0 Å². The van der Waals surface area contributed by atoms with Crippen molar-refractivity contribution in [1.82, 2.24) is 14.9 Å². The number of nitrogens with zero attached hydrogens (tertiary/aromatic N) is 3. The quantitative estimate of drug-likeness (QED) is 0.818. The summed E-state index contributed by atoms with van der Waals surface area (Å²) in [5.74, 6) is -0.140. The van der Waals surface area contributed by atoms with Crippen LogP contribution >= 0.6 is 11.3 Å². The number of aromatic nitrogens is 2. The third-order valence-electron chi connectivity index (χ3n) is 3.33. The molecule has 0 aromatic carbocycles. The van der Waals surface area contributed by atoms with Crippen molar-refractivity contribution in [3.05, 3.63) is 52.2 Å². The second kappa shape index (κ2) is 8.17. The fraction of sp³-hybridized carbons (Fsp3) is 0.389. The van der Waals surface area contributed by atoms with Gasteiger partial charge in [0.15, 0.2) is 0 Å². The van der Waals surface area contributed by atoms with Gasteiger partial charge in [-0.15, -0.1) is 11.3 Å². The van der Waals surface area contributed by atoms with Gasteiger partial charge in [0.1, 0.15) is 0 Å². The largest absolute Gasteiger partial charge is 0.395 e. The summed E-state index contributed by atoms with van der Waals surface area (Å²) < 4.78 is 0. The van der Waals surface area contributed by atoms with Gasteiger partial charge in [0.05, 0.1) is 11.6 Å². The summed E-state index contributed by atoms with van der Waals surface area (Å²) in [5.41, 5.74) is 0.935. The lowest BCUT2D eigenvalue weighted by atomic mass is 9.98. The van der Waals surface area contributed by atoms with E-state index in [1.807, 2.05) is 12.1 Å². The van der Waals surface area contributed by atoms with Gasteiger partial charge in [0.25, 0.3) is 0 Å². The first-order valence-electron chi connectivity index (χ1n) is 7.83. The number of thiazole rings is 1. The average molecular weight is 345 g/mol. The summed E-state index contributed by atoms with van der Waals surface area (Å²) in [6.07, 6.45) is 8.51. The number of hydrogen-bond donors (Lipinski definition) is 1. The van der Waals surface area contributed by atoms with E-state index in [-0.39, 0.29) is 24.5 Å². The number of carbonyl (C=O) groups is 1. The zero-order chi connectivity index (χ0) is 17.6. The molecule has 24 heavy (non-hydrogen) atoms. The summed E-state index contributed by atoms with van der Waals surface area (Å²) in [7, 11) is 0. The molecular formula is C18H23N3O2S. The molecule has 2 heterocycles. The van der Waals surface area contributed by atoms with E-state index in [1.165, 1.54) is 6.08 Å². The van der Waals surface area contributed by atoms with Crippen LogP contribution in [-0.2, 0) is 16.8 Å². The maximum absolute atomic E-state index is 12.4. The van der Waals surface area contributed by atoms with Gasteiger partial charge >= 0.3 is 0 Å². The fourth-order valence-corrected chi connectivity index (χ4v) is 2.95. The van der Waals surface area contributed by atoms with Gasteiger partial charge in [0, 0.05) is 48.0 Å². The van der Waals surface area contributed by atoms with Gasteiger partial charge in [-0.25, -0.2) is 4.98 Å². The molecular weight excluding hydrogens is 322 g/mol. The van der Waals surface area contributed by atoms with E-state index in [4.69, 9.17) is 0 Å². The molecule has 2 aromatic rings. The van der Waals surface area contributed by atoms with Crippen molar-refractivity contribution in [2.45, 2.75) is 32.7 Å². The van der Waals surface area contributed by atoms with Crippen LogP contribution in [0.25, 0.3) is 6.08 Å². The molecule has 128 valence electrons. The fourth-order valence-electron chi connectivity index (χ4n) is 2.07. The Labute approximate surface area is 146 Å². The lowest BCUT2D eigenvalue weighted by Gasteiger charge is -2.20. The summed E-state index contributed by atoms with van der Waals surface area (Å²) >= 11 is 1.58. The molecule has 0 fully saturated rings. The predicted octanol–water partition coefficient (Wildman–Crippen LogP) is 2.87. The average Bonchev–Trinajstić information content (AvgIpc) is 3.02. The number of carbonyl (C=O) groups excluding carboxylic acids is 1. The van der Waals surface area contributed by atoms with E-state index in [9.17, 15) is 9.90 Å². The highest BCUT2D eigenvalue weighted by atomic mass is 32.1. The van der Waals surface area contributed by atoms with Gasteiger partial charge in [0.2, 0.25) is 5.91 Å². The molecule has 0 unspecified atom stereocenters. The van der Waals surface area contributed by atoms with Gasteiger partial charge < -0.3 is 10.0 Å². The Morgan fingerprint density at radius 1 is 1.38 bits per heavy atom. The summed E-state index contributed by atoms with van der Waals surface area (Å²) in [6, 6.07) is 3.74. The van der Waals surface area contributed by atoms with E-state index in [2.05, 4.69) is 30.7 Å². The van der Waals surface area contributed by atoms with Crippen LogP contribution in [-0.4, -0.2) is 39.0 Å². The number of hydrogen-bond acceptors (Lipinski definition) is 5. The molecule has 1 amide bonds. The molecule has 0 aliphatic heterocycles. The highest BCUT2D eigenvalue weighted by Gasteiger charge is 2.17. The predicted molar refractivity (Wildman–Crippen MR) is 96.6 cm³/mol. The standard InChI is InChI=1S/C18H23N3O2S/c1-18(2,3)17-20-12-15(24-17)6-7-16(23)21(9-10-22)13-14-5-4-8-19-11-14/h4-8,11-12,22H,9-10,13H2,1-3H3/b7-6+. The van der Waals surface area contributed by atoms with E-state index in [1.54, 1.807) is 40.9 Å². The summed E-state index contributed by atoms with van der Waals surface area (Å²) in [4.78, 5) is 23.4. The van der Waals surface area contributed by atoms with Crippen LogP contribution in [0.1, 0.15) is 36.2 Å². The van der Waals surface area contributed by atoms with E-state index in [0.29, 0.717) is 6.54 Å². The smallest absolute Gasteiger partial charge is 0.246 e. The zero-order valence-electron chi connectivity index (χ0n) is 14.3. The van der Waals surface area contributed by atoms with Crippen LogP contribution in [0.3, 0.4) is 0 Å². The first kappa shape index (κ1) is 18.3. The Kier molecular flexibility index (Phi) is 6.23. The van der Waals surface area contributed by atoms with E-state index < -0.39 is 0 Å². The number of pyridine rings is 1. The van der Waals surface area contributed by atoms with Crippen LogP contribution in [0.2, 0.25) is 0 Å². The zero-order valence-corrected chi connectivity index (χ0v) is 15.1. The normalized spacial score (nSPS) is 11.8. The summed E-state index contributed by atoms with van der Waals surface area (Å²) in [5, 5.41) is 10.2. The lowest BCUT2D eigenvalue weighted by molar-refractivity contribution is -0.127. The van der Waals surface area contributed by atoms with Crippen LogP contribution in [0.5, 0.6) is 0 Å². The molecule has 1 N–H and O–H groups in total. The SMILES string of the molecule is CC(C)(C)c1ncc(/C=C/C(=O)N(CCO)Cc2cccnc2)s1. The van der Waals surface area contributed by atoms with Crippen molar-refractivity contribution in [2.24, 2.45) is 0 Å². The third kappa shape index (κ3) is 5.25. The van der Waals surface area contributed by atoms with Crippen molar-refractivity contribution in [2.75, 3.05) is 13.2 Å². The van der Waals surface area contributed by atoms with Crippen molar-refractivity contribution in [3.63, 3.8) is 0 Å². The summed E-state index contributed by atoms with van der Waals surface area (Å²) in [6.45, 7) is 6.97. The first-order chi connectivity index (χ1) is 11.4.